The first-order valence-corrected chi connectivity index (χ1v) is 7.65. The molecule has 2 aromatic carbocycles. The van der Waals surface area contributed by atoms with E-state index in [2.05, 4.69) is 29.3 Å². The van der Waals surface area contributed by atoms with Crippen molar-refractivity contribution in [1.82, 2.24) is 0 Å². The number of hydrogen-bond acceptors (Lipinski definition) is 3. The molecule has 0 bridgehead atoms. The Hall–Kier alpha value is -1.84. The van der Waals surface area contributed by atoms with Crippen LogP contribution in [0.1, 0.15) is 18.1 Å². The molecule has 1 heterocycles. The number of nitrogens with zero attached hydrogens (tertiary/aromatic N) is 1. The average Bonchev–Trinajstić information content (AvgIpc) is 2.50. The van der Waals surface area contributed by atoms with Crippen LogP contribution in [0.2, 0.25) is 5.02 Å². The maximum Gasteiger partial charge on any atom is 0.121 e. The van der Waals surface area contributed by atoms with E-state index in [1.165, 1.54) is 0 Å². The van der Waals surface area contributed by atoms with Crippen molar-refractivity contribution in [2.45, 2.75) is 19.4 Å². The molecule has 0 aliphatic carbocycles. The largest absolute Gasteiger partial charge is 0.386 e. The predicted molar refractivity (Wildman–Crippen MR) is 91.4 cm³/mol. The standard InChI is InChI=1S/C18H19ClN2O/c1-12-6-7-14(9-16(12)19)13-4-3-5-15(8-13)18(2)11-22-10-17(20)21-18/h3-9H,10-11H2,1-2H3,(H2,20,21). The maximum atomic E-state index is 6.24. The van der Waals surface area contributed by atoms with E-state index in [1.807, 2.05) is 32.0 Å². The third-order valence-corrected chi connectivity index (χ3v) is 4.42. The summed E-state index contributed by atoms with van der Waals surface area (Å²) >= 11 is 6.24. The van der Waals surface area contributed by atoms with Crippen LogP contribution in [0.15, 0.2) is 47.5 Å². The van der Waals surface area contributed by atoms with Gasteiger partial charge < -0.3 is 10.5 Å². The highest BCUT2D eigenvalue weighted by atomic mass is 35.5. The Morgan fingerprint density at radius 3 is 2.68 bits per heavy atom. The van der Waals surface area contributed by atoms with Crippen LogP contribution in [-0.2, 0) is 10.3 Å². The van der Waals surface area contributed by atoms with Gasteiger partial charge in [-0.1, -0.05) is 41.9 Å². The number of halogens is 1. The van der Waals surface area contributed by atoms with Crippen LogP contribution in [0.5, 0.6) is 0 Å². The van der Waals surface area contributed by atoms with E-state index < -0.39 is 5.54 Å². The van der Waals surface area contributed by atoms with Crippen LogP contribution in [0.25, 0.3) is 11.1 Å². The van der Waals surface area contributed by atoms with Crippen molar-refractivity contribution in [3.63, 3.8) is 0 Å². The summed E-state index contributed by atoms with van der Waals surface area (Å²) in [5, 5.41) is 0.775. The zero-order chi connectivity index (χ0) is 15.7. The lowest BCUT2D eigenvalue weighted by Gasteiger charge is -2.30. The molecule has 2 aromatic rings. The molecule has 2 N–H and O–H groups in total. The minimum atomic E-state index is -0.438. The molecular weight excluding hydrogens is 296 g/mol. The SMILES string of the molecule is Cc1ccc(-c2cccc(C3(C)COCC(N)=N3)c2)cc1Cl. The molecule has 3 nitrogen and oxygen atoms in total. The zero-order valence-corrected chi connectivity index (χ0v) is 13.5. The van der Waals surface area contributed by atoms with Crippen molar-refractivity contribution in [2.75, 3.05) is 13.2 Å². The summed E-state index contributed by atoms with van der Waals surface area (Å²) in [6, 6.07) is 14.4. The first-order chi connectivity index (χ1) is 10.5. The fourth-order valence-electron chi connectivity index (χ4n) is 2.69. The Labute approximate surface area is 135 Å². The average molecular weight is 315 g/mol. The van der Waals surface area contributed by atoms with Gasteiger partial charge in [0.1, 0.15) is 18.0 Å². The molecule has 0 amide bonds. The quantitative estimate of drug-likeness (QED) is 0.913. The zero-order valence-electron chi connectivity index (χ0n) is 12.8. The van der Waals surface area contributed by atoms with E-state index in [9.17, 15) is 0 Å². The number of ether oxygens (including phenoxy) is 1. The van der Waals surface area contributed by atoms with Gasteiger partial charge in [-0.05, 0) is 48.2 Å². The monoisotopic (exact) mass is 314 g/mol. The molecule has 0 spiro atoms. The van der Waals surface area contributed by atoms with Gasteiger partial charge in [0.2, 0.25) is 0 Å². The molecule has 4 heteroatoms. The van der Waals surface area contributed by atoms with Crippen LogP contribution in [0.4, 0.5) is 0 Å². The topological polar surface area (TPSA) is 47.6 Å². The van der Waals surface area contributed by atoms with Crippen molar-refractivity contribution >= 4 is 17.4 Å². The van der Waals surface area contributed by atoms with Gasteiger partial charge in [0.25, 0.3) is 0 Å². The fourth-order valence-corrected chi connectivity index (χ4v) is 2.87. The van der Waals surface area contributed by atoms with Crippen molar-refractivity contribution in [3.05, 3.63) is 58.6 Å². The lowest BCUT2D eigenvalue weighted by atomic mass is 9.90. The van der Waals surface area contributed by atoms with E-state index in [0.717, 1.165) is 27.3 Å². The second-order valence-corrected chi connectivity index (χ2v) is 6.32. The van der Waals surface area contributed by atoms with Gasteiger partial charge in [-0.25, -0.2) is 0 Å². The van der Waals surface area contributed by atoms with Gasteiger partial charge in [-0.15, -0.1) is 0 Å². The van der Waals surface area contributed by atoms with Crippen LogP contribution >= 0.6 is 11.6 Å². The summed E-state index contributed by atoms with van der Waals surface area (Å²) in [6.07, 6.45) is 0. The molecule has 0 aromatic heterocycles. The second-order valence-electron chi connectivity index (χ2n) is 5.91. The Kier molecular flexibility index (Phi) is 3.94. The van der Waals surface area contributed by atoms with Gasteiger partial charge in [0.05, 0.1) is 6.61 Å². The summed E-state index contributed by atoms with van der Waals surface area (Å²) in [7, 11) is 0. The van der Waals surface area contributed by atoms with Crippen molar-refractivity contribution in [1.29, 1.82) is 0 Å². The Morgan fingerprint density at radius 2 is 1.95 bits per heavy atom. The molecule has 22 heavy (non-hydrogen) atoms. The molecule has 0 radical (unpaired) electrons. The van der Waals surface area contributed by atoms with Crippen molar-refractivity contribution in [3.8, 4) is 11.1 Å². The van der Waals surface area contributed by atoms with Gasteiger partial charge in [-0.3, -0.25) is 4.99 Å². The van der Waals surface area contributed by atoms with Gasteiger partial charge in [0.15, 0.2) is 0 Å². The van der Waals surface area contributed by atoms with Gasteiger partial charge >= 0.3 is 0 Å². The van der Waals surface area contributed by atoms with Crippen LogP contribution in [-0.4, -0.2) is 19.0 Å². The number of rotatable bonds is 2. The first kappa shape index (κ1) is 15.1. The summed E-state index contributed by atoms with van der Waals surface area (Å²) in [6.45, 7) is 4.98. The number of hydrogen-bond donors (Lipinski definition) is 1. The van der Waals surface area contributed by atoms with Crippen LogP contribution in [0.3, 0.4) is 0 Å². The summed E-state index contributed by atoms with van der Waals surface area (Å²) in [5.41, 5.74) is 9.77. The molecule has 0 saturated carbocycles. The Bertz CT molecular complexity index is 742. The van der Waals surface area contributed by atoms with E-state index >= 15 is 0 Å². The molecule has 1 aliphatic heterocycles. The predicted octanol–water partition coefficient (Wildman–Crippen LogP) is 3.92. The third-order valence-electron chi connectivity index (χ3n) is 4.01. The summed E-state index contributed by atoms with van der Waals surface area (Å²) in [4.78, 5) is 4.59. The lowest BCUT2D eigenvalue weighted by molar-refractivity contribution is 0.106. The summed E-state index contributed by atoms with van der Waals surface area (Å²) in [5.74, 6) is 0.539. The van der Waals surface area contributed by atoms with Crippen LogP contribution < -0.4 is 5.73 Å². The first-order valence-electron chi connectivity index (χ1n) is 7.27. The minimum absolute atomic E-state index is 0.406. The number of amidine groups is 1. The minimum Gasteiger partial charge on any atom is -0.386 e. The highest BCUT2D eigenvalue weighted by Gasteiger charge is 2.30. The summed E-state index contributed by atoms with van der Waals surface area (Å²) < 4.78 is 5.56. The number of nitrogens with two attached hydrogens (primary N) is 1. The van der Waals surface area contributed by atoms with Crippen molar-refractivity contribution in [2.24, 2.45) is 10.7 Å². The molecule has 1 atom stereocenters. The Morgan fingerprint density at radius 1 is 1.18 bits per heavy atom. The molecule has 114 valence electrons. The molecule has 1 unspecified atom stereocenters. The van der Waals surface area contributed by atoms with Crippen LogP contribution in [0, 0.1) is 6.92 Å². The number of aliphatic imine (C=N–C) groups is 1. The molecule has 0 fully saturated rings. The lowest BCUT2D eigenvalue weighted by Crippen LogP contribution is -2.37. The number of aryl methyl sites for hydroxylation is 1. The third kappa shape index (κ3) is 2.87. The molecule has 0 saturated heterocycles. The highest BCUT2D eigenvalue weighted by Crippen LogP contribution is 2.32. The fraction of sp³-hybridized carbons (Fsp3) is 0.278. The highest BCUT2D eigenvalue weighted by molar-refractivity contribution is 6.31. The molecule has 3 rings (SSSR count). The number of benzene rings is 2. The molecule has 1 aliphatic rings. The maximum absolute atomic E-state index is 6.24. The normalized spacial score (nSPS) is 21.5. The van der Waals surface area contributed by atoms with E-state index in [-0.39, 0.29) is 0 Å². The smallest absolute Gasteiger partial charge is 0.121 e. The Balaban J connectivity index is 2.02. The molecular formula is C18H19ClN2O. The van der Waals surface area contributed by atoms with E-state index in [4.69, 9.17) is 22.1 Å². The van der Waals surface area contributed by atoms with Gasteiger partial charge in [-0.2, -0.15) is 0 Å². The van der Waals surface area contributed by atoms with Crippen molar-refractivity contribution < 1.29 is 4.74 Å². The van der Waals surface area contributed by atoms with E-state index in [1.54, 1.807) is 0 Å². The second kappa shape index (κ2) is 5.75. The van der Waals surface area contributed by atoms with Gasteiger partial charge in [0, 0.05) is 5.02 Å². The van der Waals surface area contributed by atoms with E-state index in [0.29, 0.717) is 19.0 Å².